The van der Waals surface area contributed by atoms with E-state index in [1.807, 2.05) is 30.3 Å². The monoisotopic (exact) mass is 392 g/mol. The Morgan fingerprint density at radius 2 is 1.86 bits per heavy atom. The van der Waals surface area contributed by atoms with Gasteiger partial charge >= 0.3 is 0 Å². The number of rotatable bonds is 4. The van der Waals surface area contributed by atoms with E-state index < -0.39 is 11.4 Å². The highest BCUT2D eigenvalue weighted by atomic mass is 19.1. The molecule has 0 saturated heterocycles. The van der Waals surface area contributed by atoms with E-state index in [4.69, 9.17) is 0 Å². The Balaban J connectivity index is 1.71. The second-order valence-electron chi connectivity index (χ2n) is 7.39. The average molecular weight is 392 g/mol. The number of hydrogen-bond acceptors (Lipinski definition) is 3. The van der Waals surface area contributed by atoms with E-state index >= 15 is 0 Å². The smallest absolute Gasteiger partial charge is 0.277 e. The van der Waals surface area contributed by atoms with Crippen LogP contribution in [-0.2, 0) is 17.9 Å². The number of benzene rings is 2. The predicted molar refractivity (Wildman–Crippen MR) is 107 cm³/mol. The molecule has 3 aromatic rings. The number of nitrogens with one attached hydrogen (secondary N) is 1. The van der Waals surface area contributed by atoms with Crippen LogP contribution in [0.5, 0.6) is 0 Å². The van der Waals surface area contributed by atoms with Gasteiger partial charge in [-0.2, -0.15) is 5.10 Å². The van der Waals surface area contributed by atoms with Gasteiger partial charge in [-0.25, -0.2) is 4.39 Å². The summed E-state index contributed by atoms with van der Waals surface area (Å²) in [5, 5.41) is 7.30. The van der Waals surface area contributed by atoms with E-state index in [0.29, 0.717) is 23.6 Å². The van der Waals surface area contributed by atoms with Gasteiger partial charge in [0.2, 0.25) is 5.91 Å². The van der Waals surface area contributed by atoms with E-state index in [1.165, 1.54) is 29.2 Å². The molecular formula is C22H21FN4O2. The molecule has 0 spiro atoms. The highest BCUT2D eigenvalue weighted by Crippen LogP contribution is 2.33. The van der Waals surface area contributed by atoms with Crippen LogP contribution in [0.2, 0.25) is 0 Å². The normalized spacial score (nSPS) is 18.4. The molecule has 1 atom stereocenters. The number of aromatic nitrogens is 2. The standard InChI is InChI=1S/C22H21FN4O2/c1-15-12-19-20(28)27(18-10-8-17(23)9-11-18)22(2,14-26(19)25-15)21(29)24-13-16-6-4-3-5-7-16/h3-12H,13-14H2,1-2H3,(H,24,29). The topological polar surface area (TPSA) is 67.2 Å². The van der Waals surface area contributed by atoms with E-state index in [-0.39, 0.29) is 18.4 Å². The van der Waals surface area contributed by atoms with Crippen LogP contribution in [0.15, 0.2) is 60.7 Å². The van der Waals surface area contributed by atoms with Crippen molar-refractivity contribution >= 4 is 17.5 Å². The molecule has 2 amide bonds. The molecular weight excluding hydrogens is 371 g/mol. The maximum Gasteiger partial charge on any atom is 0.277 e. The third kappa shape index (κ3) is 3.40. The minimum atomic E-state index is -1.23. The summed E-state index contributed by atoms with van der Waals surface area (Å²) in [5.74, 6) is -1.06. The Morgan fingerprint density at radius 3 is 2.55 bits per heavy atom. The lowest BCUT2D eigenvalue weighted by Gasteiger charge is -2.43. The first-order valence-electron chi connectivity index (χ1n) is 9.35. The molecule has 1 N–H and O–H groups in total. The van der Waals surface area contributed by atoms with Crippen LogP contribution < -0.4 is 10.2 Å². The van der Waals surface area contributed by atoms with Gasteiger partial charge in [-0.05, 0) is 49.7 Å². The summed E-state index contributed by atoms with van der Waals surface area (Å²) in [6, 6.07) is 16.8. The summed E-state index contributed by atoms with van der Waals surface area (Å²) in [7, 11) is 0. The van der Waals surface area contributed by atoms with Gasteiger partial charge in [-0.15, -0.1) is 0 Å². The first-order chi connectivity index (χ1) is 13.9. The van der Waals surface area contributed by atoms with Crippen LogP contribution in [0, 0.1) is 12.7 Å². The predicted octanol–water partition coefficient (Wildman–Crippen LogP) is 3.07. The maximum absolute atomic E-state index is 13.5. The van der Waals surface area contributed by atoms with Crippen molar-refractivity contribution in [3.63, 3.8) is 0 Å². The summed E-state index contributed by atoms with van der Waals surface area (Å²) in [5.41, 5.74) is 1.28. The number of nitrogens with zero attached hydrogens (tertiary/aromatic N) is 3. The molecule has 1 aliphatic heterocycles. The lowest BCUT2D eigenvalue weighted by atomic mass is 9.94. The molecule has 1 aliphatic rings. The lowest BCUT2D eigenvalue weighted by molar-refractivity contribution is -0.126. The number of carbonyl (C=O) groups is 2. The van der Waals surface area contributed by atoms with Crippen LogP contribution >= 0.6 is 0 Å². The molecule has 2 aromatic carbocycles. The Kier molecular flexibility index (Phi) is 4.66. The molecule has 0 saturated carbocycles. The number of halogens is 1. The maximum atomic E-state index is 13.5. The SMILES string of the molecule is Cc1cc2n(n1)CC(C)(C(=O)NCc1ccccc1)N(c1ccc(F)cc1)C2=O. The van der Waals surface area contributed by atoms with Crippen LogP contribution in [0.3, 0.4) is 0 Å². The van der Waals surface area contributed by atoms with Crippen LogP contribution in [-0.4, -0.2) is 27.1 Å². The quantitative estimate of drug-likeness (QED) is 0.742. The first kappa shape index (κ1) is 18.9. The molecule has 0 aliphatic carbocycles. The third-order valence-electron chi connectivity index (χ3n) is 5.15. The van der Waals surface area contributed by atoms with Crippen molar-refractivity contribution < 1.29 is 14.0 Å². The van der Waals surface area contributed by atoms with Gasteiger partial charge in [0.05, 0.1) is 12.2 Å². The summed E-state index contributed by atoms with van der Waals surface area (Å²) >= 11 is 0. The van der Waals surface area contributed by atoms with E-state index in [2.05, 4.69) is 10.4 Å². The lowest BCUT2D eigenvalue weighted by Crippen LogP contribution is -2.64. The van der Waals surface area contributed by atoms with Gasteiger partial charge in [0.1, 0.15) is 17.1 Å². The molecule has 0 radical (unpaired) electrons. The highest BCUT2D eigenvalue weighted by Gasteiger charge is 2.48. The van der Waals surface area contributed by atoms with Crippen molar-refractivity contribution in [1.82, 2.24) is 15.1 Å². The summed E-state index contributed by atoms with van der Waals surface area (Å²) in [6.45, 7) is 4.04. The Morgan fingerprint density at radius 1 is 1.17 bits per heavy atom. The van der Waals surface area contributed by atoms with Gasteiger partial charge < -0.3 is 5.32 Å². The summed E-state index contributed by atoms with van der Waals surface area (Å²) < 4.78 is 15.0. The highest BCUT2D eigenvalue weighted by molar-refractivity contribution is 6.11. The molecule has 4 rings (SSSR count). The van der Waals surface area contributed by atoms with E-state index in [1.54, 1.807) is 24.6 Å². The number of carbonyl (C=O) groups excluding carboxylic acids is 2. The summed E-state index contributed by atoms with van der Waals surface area (Å²) in [4.78, 5) is 28.0. The fraction of sp³-hybridized carbons (Fsp3) is 0.227. The average Bonchev–Trinajstić information content (AvgIpc) is 3.08. The number of anilines is 1. The van der Waals surface area contributed by atoms with Crippen LogP contribution in [0.25, 0.3) is 0 Å². The second kappa shape index (κ2) is 7.16. The minimum Gasteiger partial charge on any atom is -0.350 e. The Bertz CT molecular complexity index is 1060. The zero-order chi connectivity index (χ0) is 20.6. The first-order valence-corrected chi connectivity index (χ1v) is 9.35. The van der Waals surface area contributed by atoms with Gasteiger partial charge in [-0.1, -0.05) is 30.3 Å². The van der Waals surface area contributed by atoms with Crippen LogP contribution in [0.4, 0.5) is 10.1 Å². The molecule has 29 heavy (non-hydrogen) atoms. The van der Waals surface area contributed by atoms with E-state index in [9.17, 15) is 14.0 Å². The van der Waals surface area contributed by atoms with Crippen molar-refractivity contribution in [2.24, 2.45) is 0 Å². The zero-order valence-corrected chi connectivity index (χ0v) is 16.2. The molecule has 1 unspecified atom stereocenters. The van der Waals surface area contributed by atoms with Gasteiger partial charge in [-0.3, -0.25) is 19.2 Å². The molecule has 0 fully saturated rings. The fourth-order valence-corrected chi connectivity index (χ4v) is 3.67. The minimum absolute atomic E-state index is 0.194. The van der Waals surface area contributed by atoms with Crippen molar-refractivity contribution in [2.75, 3.05) is 4.90 Å². The van der Waals surface area contributed by atoms with Crippen molar-refractivity contribution in [2.45, 2.75) is 32.5 Å². The molecule has 7 heteroatoms. The Hall–Kier alpha value is -3.48. The number of hydrogen-bond donors (Lipinski definition) is 1. The van der Waals surface area contributed by atoms with Gasteiger partial charge in [0.25, 0.3) is 5.91 Å². The van der Waals surface area contributed by atoms with Crippen molar-refractivity contribution in [3.8, 4) is 0 Å². The second-order valence-corrected chi connectivity index (χ2v) is 7.39. The largest absolute Gasteiger partial charge is 0.350 e. The Labute approximate surface area is 167 Å². The number of amides is 2. The summed E-state index contributed by atoms with van der Waals surface area (Å²) in [6.07, 6.45) is 0. The van der Waals surface area contributed by atoms with Crippen molar-refractivity contribution in [3.05, 3.63) is 83.4 Å². The number of fused-ring (bicyclic) bond motifs is 1. The molecule has 148 valence electrons. The number of aryl methyl sites for hydroxylation is 1. The molecule has 1 aromatic heterocycles. The van der Waals surface area contributed by atoms with Gasteiger partial charge in [0, 0.05) is 12.2 Å². The third-order valence-corrected chi connectivity index (χ3v) is 5.15. The van der Waals surface area contributed by atoms with E-state index in [0.717, 1.165) is 5.56 Å². The fourth-order valence-electron chi connectivity index (χ4n) is 3.67. The molecule has 0 bridgehead atoms. The molecule has 2 heterocycles. The van der Waals surface area contributed by atoms with Gasteiger partial charge in [0.15, 0.2) is 0 Å². The van der Waals surface area contributed by atoms with Crippen LogP contribution in [0.1, 0.15) is 28.7 Å². The molecule has 6 nitrogen and oxygen atoms in total. The zero-order valence-electron chi connectivity index (χ0n) is 16.2. The van der Waals surface area contributed by atoms with Crippen molar-refractivity contribution in [1.29, 1.82) is 0 Å².